The fourth-order valence-corrected chi connectivity index (χ4v) is 3.06. The highest BCUT2D eigenvalue weighted by atomic mass is 32.2. The quantitative estimate of drug-likeness (QED) is 0.573. The van der Waals surface area contributed by atoms with Crippen LogP contribution in [0.2, 0.25) is 0 Å². The molecule has 0 unspecified atom stereocenters. The molecule has 1 aliphatic carbocycles. The van der Waals surface area contributed by atoms with Crippen LogP contribution in [-0.4, -0.2) is 40.9 Å². The molecule has 0 aliphatic heterocycles. The van der Waals surface area contributed by atoms with Crippen molar-refractivity contribution in [3.63, 3.8) is 0 Å². The summed E-state index contributed by atoms with van der Waals surface area (Å²) < 4.78 is 0. The van der Waals surface area contributed by atoms with E-state index < -0.39 is 17.3 Å². The predicted molar refractivity (Wildman–Crippen MR) is 77.3 cm³/mol. The van der Waals surface area contributed by atoms with E-state index in [2.05, 4.69) is 5.32 Å². The number of amides is 2. The molecular formula is C13H22N2O4S. The molecule has 0 spiro atoms. The van der Waals surface area contributed by atoms with Gasteiger partial charge < -0.3 is 16.2 Å². The van der Waals surface area contributed by atoms with Crippen molar-refractivity contribution in [1.29, 1.82) is 0 Å². The summed E-state index contributed by atoms with van der Waals surface area (Å²) in [4.78, 5) is 33.6. The maximum Gasteiger partial charge on any atom is 0.311 e. The predicted octanol–water partition coefficient (Wildman–Crippen LogP) is 0.746. The molecular weight excluding hydrogens is 280 g/mol. The standard InChI is InChI=1S/C13H22N2O4S/c14-10(16)8-20-7-4-11(17)15-9-13(12(18)19)5-2-1-3-6-13/h1-9H2,(H2,14,16)(H,15,17)(H,18,19). The number of carboxylic acids is 1. The number of nitrogens with two attached hydrogens (primary N) is 1. The van der Waals surface area contributed by atoms with E-state index in [1.807, 2.05) is 0 Å². The van der Waals surface area contributed by atoms with Crippen molar-refractivity contribution in [2.75, 3.05) is 18.1 Å². The minimum atomic E-state index is -0.819. The first-order valence-corrected chi connectivity index (χ1v) is 7.98. The minimum absolute atomic E-state index is 0.173. The zero-order valence-electron chi connectivity index (χ0n) is 11.5. The maximum absolute atomic E-state index is 11.7. The number of carbonyl (C=O) groups is 3. The normalized spacial score (nSPS) is 17.4. The van der Waals surface area contributed by atoms with E-state index in [1.165, 1.54) is 11.8 Å². The third-order valence-corrected chi connectivity index (χ3v) is 4.59. The van der Waals surface area contributed by atoms with Gasteiger partial charge in [0.05, 0.1) is 11.2 Å². The lowest BCUT2D eigenvalue weighted by atomic mass is 9.74. The molecule has 0 atom stereocenters. The lowest BCUT2D eigenvalue weighted by Crippen LogP contribution is -2.44. The molecule has 1 fully saturated rings. The number of primary amides is 1. The lowest BCUT2D eigenvalue weighted by molar-refractivity contribution is -0.151. The van der Waals surface area contributed by atoms with Gasteiger partial charge in [-0.05, 0) is 12.8 Å². The monoisotopic (exact) mass is 302 g/mol. The van der Waals surface area contributed by atoms with Crippen LogP contribution >= 0.6 is 11.8 Å². The molecule has 0 radical (unpaired) electrons. The minimum Gasteiger partial charge on any atom is -0.481 e. The van der Waals surface area contributed by atoms with E-state index in [9.17, 15) is 19.5 Å². The molecule has 20 heavy (non-hydrogen) atoms. The molecule has 6 nitrogen and oxygen atoms in total. The molecule has 1 aliphatic rings. The summed E-state index contributed by atoms with van der Waals surface area (Å²) in [5, 5.41) is 12.1. The van der Waals surface area contributed by atoms with Crippen LogP contribution in [0.1, 0.15) is 38.5 Å². The number of aliphatic carboxylic acids is 1. The van der Waals surface area contributed by atoms with Gasteiger partial charge in [-0.15, -0.1) is 0 Å². The SMILES string of the molecule is NC(=O)CSCCC(=O)NCC1(C(=O)O)CCCCC1. The summed E-state index contributed by atoms with van der Waals surface area (Å²) >= 11 is 1.30. The lowest BCUT2D eigenvalue weighted by Gasteiger charge is -2.33. The first-order chi connectivity index (χ1) is 9.46. The average molecular weight is 302 g/mol. The molecule has 4 N–H and O–H groups in total. The molecule has 1 saturated carbocycles. The third kappa shape index (κ3) is 5.40. The molecule has 0 aromatic rings. The van der Waals surface area contributed by atoms with E-state index in [0.29, 0.717) is 18.6 Å². The zero-order valence-corrected chi connectivity index (χ0v) is 12.3. The second-order valence-electron chi connectivity index (χ2n) is 5.19. The molecule has 0 aromatic heterocycles. The summed E-state index contributed by atoms with van der Waals surface area (Å²) in [7, 11) is 0. The van der Waals surface area contributed by atoms with E-state index in [1.54, 1.807) is 0 Å². The fraction of sp³-hybridized carbons (Fsp3) is 0.769. The van der Waals surface area contributed by atoms with Gasteiger partial charge in [-0.1, -0.05) is 19.3 Å². The van der Waals surface area contributed by atoms with Crippen LogP contribution in [0.3, 0.4) is 0 Å². The van der Waals surface area contributed by atoms with Crippen molar-refractivity contribution in [1.82, 2.24) is 5.32 Å². The highest BCUT2D eigenvalue weighted by Crippen LogP contribution is 2.35. The van der Waals surface area contributed by atoms with Gasteiger partial charge in [-0.3, -0.25) is 14.4 Å². The summed E-state index contributed by atoms with van der Waals surface area (Å²) in [6.07, 6.45) is 4.38. The number of carbonyl (C=O) groups excluding carboxylic acids is 2. The Bertz CT molecular complexity index is 367. The van der Waals surface area contributed by atoms with Crippen molar-refractivity contribution in [3.05, 3.63) is 0 Å². The summed E-state index contributed by atoms with van der Waals surface area (Å²) in [5.41, 5.74) is 4.19. The van der Waals surface area contributed by atoms with E-state index >= 15 is 0 Å². The zero-order chi connectivity index (χ0) is 15.0. The number of hydrogen-bond acceptors (Lipinski definition) is 4. The van der Waals surface area contributed by atoms with E-state index in [0.717, 1.165) is 19.3 Å². The van der Waals surface area contributed by atoms with Crippen LogP contribution in [0.4, 0.5) is 0 Å². The van der Waals surface area contributed by atoms with Crippen molar-refractivity contribution in [3.8, 4) is 0 Å². The molecule has 114 valence electrons. The topological polar surface area (TPSA) is 109 Å². The largest absolute Gasteiger partial charge is 0.481 e. The van der Waals surface area contributed by atoms with Gasteiger partial charge in [-0.25, -0.2) is 0 Å². The molecule has 1 rings (SSSR count). The second-order valence-corrected chi connectivity index (χ2v) is 6.30. The fourth-order valence-electron chi connectivity index (χ4n) is 2.39. The summed E-state index contributed by atoms with van der Waals surface area (Å²) in [6, 6.07) is 0. The molecule has 2 amide bonds. The van der Waals surface area contributed by atoms with E-state index in [4.69, 9.17) is 5.73 Å². The molecule has 0 bridgehead atoms. The molecule has 0 saturated heterocycles. The van der Waals surface area contributed by atoms with Crippen LogP contribution in [0.5, 0.6) is 0 Å². The third-order valence-electron chi connectivity index (χ3n) is 3.61. The van der Waals surface area contributed by atoms with Crippen LogP contribution in [0.25, 0.3) is 0 Å². The van der Waals surface area contributed by atoms with Crippen LogP contribution in [-0.2, 0) is 14.4 Å². The summed E-state index contributed by atoms with van der Waals surface area (Å²) in [5.74, 6) is -0.683. The van der Waals surface area contributed by atoms with Crippen molar-refractivity contribution < 1.29 is 19.5 Å². The smallest absolute Gasteiger partial charge is 0.311 e. The Labute approximate surface area is 122 Å². The molecule has 0 aromatic carbocycles. The Balaban J connectivity index is 2.30. The Kier molecular flexibility index (Phi) is 6.84. The average Bonchev–Trinajstić information content (AvgIpc) is 2.42. The Hall–Kier alpha value is -1.24. The highest BCUT2D eigenvalue weighted by molar-refractivity contribution is 7.99. The van der Waals surface area contributed by atoms with Crippen molar-refractivity contribution >= 4 is 29.5 Å². The van der Waals surface area contributed by atoms with Gasteiger partial charge in [-0.2, -0.15) is 11.8 Å². The van der Waals surface area contributed by atoms with E-state index in [-0.39, 0.29) is 24.6 Å². The Morgan fingerprint density at radius 3 is 2.40 bits per heavy atom. The number of rotatable bonds is 8. The van der Waals surface area contributed by atoms with Crippen LogP contribution in [0, 0.1) is 5.41 Å². The number of carboxylic acid groups (broad SMARTS) is 1. The van der Waals surface area contributed by atoms with Gasteiger partial charge in [0.25, 0.3) is 0 Å². The van der Waals surface area contributed by atoms with Crippen molar-refractivity contribution in [2.24, 2.45) is 11.1 Å². The first-order valence-electron chi connectivity index (χ1n) is 6.82. The van der Waals surface area contributed by atoms with Gasteiger partial charge in [0, 0.05) is 18.7 Å². The summed E-state index contributed by atoms with van der Waals surface area (Å²) in [6.45, 7) is 0.196. The Morgan fingerprint density at radius 2 is 1.85 bits per heavy atom. The van der Waals surface area contributed by atoms with Crippen LogP contribution in [0.15, 0.2) is 0 Å². The highest BCUT2D eigenvalue weighted by Gasteiger charge is 2.39. The maximum atomic E-state index is 11.7. The van der Waals surface area contributed by atoms with Crippen molar-refractivity contribution in [2.45, 2.75) is 38.5 Å². The number of hydrogen-bond donors (Lipinski definition) is 3. The van der Waals surface area contributed by atoms with Gasteiger partial charge in [0.2, 0.25) is 11.8 Å². The van der Waals surface area contributed by atoms with Gasteiger partial charge in [0.15, 0.2) is 0 Å². The Morgan fingerprint density at radius 1 is 1.20 bits per heavy atom. The second kappa shape index (κ2) is 8.14. The number of nitrogens with one attached hydrogen (secondary N) is 1. The van der Waals surface area contributed by atoms with Crippen LogP contribution < -0.4 is 11.1 Å². The molecule has 7 heteroatoms. The van der Waals surface area contributed by atoms with Gasteiger partial charge in [0.1, 0.15) is 0 Å². The first kappa shape index (κ1) is 16.8. The molecule has 0 heterocycles. The van der Waals surface area contributed by atoms with Gasteiger partial charge >= 0.3 is 5.97 Å². The number of thioether (sulfide) groups is 1.